The molecule has 0 saturated carbocycles. The van der Waals surface area contributed by atoms with Crippen LogP contribution >= 0.6 is 0 Å². The van der Waals surface area contributed by atoms with Gasteiger partial charge in [0.05, 0.1) is 0 Å². The van der Waals surface area contributed by atoms with Crippen LogP contribution in [0.4, 0.5) is 0 Å². The number of carbonyl (C=O) groups is 8. The largest absolute Gasteiger partial charge is 0.480 e. The van der Waals surface area contributed by atoms with Crippen LogP contribution in [0, 0.1) is 0 Å². The van der Waals surface area contributed by atoms with Gasteiger partial charge in [0.25, 0.3) is 23.6 Å². The molecule has 0 radical (unpaired) electrons. The van der Waals surface area contributed by atoms with Crippen LogP contribution in [0.3, 0.4) is 0 Å². The van der Waals surface area contributed by atoms with Gasteiger partial charge < -0.3 is 19.7 Å². The van der Waals surface area contributed by atoms with E-state index in [0.717, 1.165) is 0 Å². The summed E-state index contributed by atoms with van der Waals surface area (Å²) in [6, 6.07) is 1.32. The van der Waals surface area contributed by atoms with Crippen molar-refractivity contribution in [3.63, 3.8) is 0 Å². The second-order valence-corrected chi connectivity index (χ2v) is 13.0. The number of hydrogen-bond donors (Lipinski definition) is 2. The van der Waals surface area contributed by atoms with Crippen LogP contribution in [-0.2, 0) is 28.7 Å². The third-order valence-corrected chi connectivity index (χ3v) is 7.23. The Bertz CT molecular complexity index is 1520. The van der Waals surface area contributed by atoms with Crippen LogP contribution < -0.4 is 0 Å². The number of rotatable bonds is 10. The van der Waals surface area contributed by atoms with E-state index in [4.69, 9.17) is 9.47 Å². The highest BCUT2D eigenvalue weighted by Crippen LogP contribution is 2.39. The number of nitrogens with zero attached hydrogens (tertiary/aromatic N) is 2. The molecule has 0 fully saturated rings. The van der Waals surface area contributed by atoms with Gasteiger partial charge in [0.2, 0.25) is 0 Å². The fourth-order valence-corrected chi connectivity index (χ4v) is 5.50. The van der Waals surface area contributed by atoms with E-state index in [1.54, 1.807) is 41.5 Å². The maximum atomic E-state index is 13.7. The van der Waals surface area contributed by atoms with Crippen molar-refractivity contribution in [3.8, 4) is 0 Å². The molecule has 14 heteroatoms. The Kier molecular flexibility index (Phi) is 8.79. The fraction of sp³-hybridized carbons (Fsp3) is 0.438. The topological polar surface area (TPSA) is 202 Å². The molecule has 2 aliphatic heterocycles. The summed E-state index contributed by atoms with van der Waals surface area (Å²) in [7, 11) is 0. The summed E-state index contributed by atoms with van der Waals surface area (Å²) in [5, 5.41) is 19.8. The summed E-state index contributed by atoms with van der Waals surface area (Å²) in [5.74, 6) is -8.56. The monoisotopic (exact) mass is 638 g/mol. The number of hydrogen-bond acceptors (Lipinski definition) is 10. The van der Waals surface area contributed by atoms with Crippen molar-refractivity contribution in [1.29, 1.82) is 0 Å². The van der Waals surface area contributed by atoms with Crippen molar-refractivity contribution in [3.05, 3.63) is 46.5 Å². The Balaban J connectivity index is 1.70. The summed E-state index contributed by atoms with van der Waals surface area (Å²) in [4.78, 5) is 105. The molecule has 4 amide bonds. The molecule has 46 heavy (non-hydrogen) atoms. The minimum absolute atomic E-state index is 0.0560. The number of amides is 4. The molecule has 2 atom stereocenters. The first-order chi connectivity index (χ1) is 21.2. The fourth-order valence-electron chi connectivity index (χ4n) is 5.50. The summed E-state index contributed by atoms with van der Waals surface area (Å²) in [5.41, 5.74) is -2.32. The SMILES string of the molecule is CC(C)(C)OC(=O)CC[C@@H](C(=O)O)N1C(=O)c2ccc3c4c(ccc(c24)C1=O)C(=O)N([C@@H](CCC(=O)OC(C)(C)C)C(=O)O)C3=O. The molecule has 0 aromatic heterocycles. The van der Waals surface area contributed by atoms with E-state index in [-0.39, 0.29) is 33.0 Å². The highest BCUT2D eigenvalue weighted by molar-refractivity contribution is 6.34. The molecular weight excluding hydrogens is 604 g/mol. The number of benzene rings is 2. The number of carboxylic acid groups (broad SMARTS) is 2. The molecule has 0 saturated heterocycles. The van der Waals surface area contributed by atoms with Crippen molar-refractivity contribution >= 4 is 58.3 Å². The molecule has 2 aromatic carbocycles. The number of imide groups is 2. The van der Waals surface area contributed by atoms with E-state index in [0.29, 0.717) is 9.80 Å². The molecule has 0 unspecified atom stereocenters. The van der Waals surface area contributed by atoms with Crippen molar-refractivity contribution in [1.82, 2.24) is 9.80 Å². The molecular formula is C32H34N2O12. The maximum absolute atomic E-state index is 13.7. The van der Waals surface area contributed by atoms with Gasteiger partial charge in [-0.25, -0.2) is 9.59 Å². The Morgan fingerprint density at radius 3 is 1.07 bits per heavy atom. The van der Waals surface area contributed by atoms with E-state index >= 15 is 0 Å². The average molecular weight is 639 g/mol. The van der Waals surface area contributed by atoms with Crippen molar-refractivity contribution in [2.75, 3.05) is 0 Å². The lowest BCUT2D eigenvalue weighted by Gasteiger charge is -2.35. The van der Waals surface area contributed by atoms with E-state index < -0.39 is 96.5 Å². The Morgan fingerprint density at radius 1 is 0.587 bits per heavy atom. The van der Waals surface area contributed by atoms with Crippen LogP contribution in [0.2, 0.25) is 0 Å². The quantitative estimate of drug-likeness (QED) is 0.285. The lowest BCUT2D eigenvalue weighted by atomic mass is 9.85. The molecule has 244 valence electrons. The minimum Gasteiger partial charge on any atom is -0.480 e. The third-order valence-electron chi connectivity index (χ3n) is 7.23. The average Bonchev–Trinajstić information content (AvgIpc) is 2.91. The van der Waals surface area contributed by atoms with Crippen LogP contribution in [0.5, 0.6) is 0 Å². The number of carbonyl (C=O) groups excluding carboxylic acids is 6. The first-order valence-corrected chi connectivity index (χ1v) is 14.5. The molecule has 2 N–H and O–H groups in total. The first kappa shape index (κ1) is 33.7. The predicted molar refractivity (Wildman–Crippen MR) is 158 cm³/mol. The lowest BCUT2D eigenvalue weighted by molar-refractivity contribution is -0.157. The van der Waals surface area contributed by atoms with Gasteiger partial charge in [-0.2, -0.15) is 0 Å². The van der Waals surface area contributed by atoms with Gasteiger partial charge in [0.15, 0.2) is 0 Å². The number of aliphatic carboxylic acids is 2. The Hall–Kier alpha value is -5.14. The van der Waals surface area contributed by atoms with Gasteiger partial charge in [-0.15, -0.1) is 0 Å². The Labute approximate surface area is 263 Å². The molecule has 0 bridgehead atoms. The van der Waals surface area contributed by atoms with E-state index in [1.807, 2.05) is 0 Å². The molecule has 0 aliphatic carbocycles. The first-order valence-electron chi connectivity index (χ1n) is 14.5. The van der Waals surface area contributed by atoms with E-state index in [9.17, 15) is 48.6 Å². The zero-order valence-electron chi connectivity index (χ0n) is 26.2. The third kappa shape index (κ3) is 6.46. The second kappa shape index (κ2) is 12.0. The maximum Gasteiger partial charge on any atom is 0.326 e. The van der Waals surface area contributed by atoms with Gasteiger partial charge in [-0.05, 0) is 78.6 Å². The second-order valence-electron chi connectivity index (χ2n) is 13.0. The van der Waals surface area contributed by atoms with E-state index in [1.165, 1.54) is 24.3 Å². The highest BCUT2D eigenvalue weighted by atomic mass is 16.6. The zero-order chi connectivity index (χ0) is 34.5. The molecule has 0 spiro atoms. The van der Waals surface area contributed by atoms with Crippen molar-refractivity contribution < 1.29 is 58.0 Å². The van der Waals surface area contributed by atoms with Gasteiger partial charge in [-0.3, -0.25) is 38.6 Å². The van der Waals surface area contributed by atoms with Gasteiger partial charge in [0.1, 0.15) is 23.3 Å². The summed E-state index contributed by atoms with van der Waals surface area (Å²) >= 11 is 0. The smallest absolute Gasteiger partial charge is 0.326 e. The molecule has 4 rings (SSSR count). The number of ether oxygens (including phenoxy) is 2. The van der Waals surface area contributed by atoms with Crippen LogP contribution in [0.25, 0.3) is 10.8 Å². The molecule has 14 nitrogen and oxygen atoms in total. The molecule has 2 aliphatic rings. The molecule has 2 aromatic rings. The number of esters is 2. The van der Waals surface area contributed by atoms with Crippen molar-refractivity contribution in [2.45, 2.75) is 90.5 Å². The summed E-state index contributed by atoms with van der Waals surface area (Å²) < 4.78 is 10.4. The normalized spacial score (nSPS) is 16.0. The minimum atomic E-state index is -1.73. The number of carboxylic acids is 2. The van der Waals surface area contributed by atoms with E-state index in [2.05, 4.69) is 0 Å². The van der Waals surface area contributed by atoms with Crippen LogP contribution in [0.15, 0.2) is 24.3 Å². The van der Waals surface area contributed by atoms with Crippen LogP contribution in [-0.4, -0.2) is 90.8 Å². The molecule has 2 heterocycles. The Morgan fingerprint density at radius 2 is 0.848 bits per heavy atom. The highest BCUT2D eigenvalue weighted by Gasteiger charge is 2.46. The zero-order valence-corrected chi connectivity index (χ0v) is 26.2. The summed E-state index contributed by atoms with van der Waals surface area (Å²) in [6.45, 7) is 9.79. The van der Waals surface area contributed by atoms with Gasteiger partial charge in [0, 0.05) is 45.9 Å². The predicted octanol–water partition coefficient (Wildman–Crippen LogP) is 3.18. The standard InChI is InChI=1S/C32H34N2O12/c1-31(2,3)45-21(35)13-11-19(29(41)42)33-25(37)15-7-9-17-24-18(10-8-16(23(15)24)26(33)38)28(40)34(27(17)39)20(30(43)44)12-14-22(36)46-32(4,5)6/h7-10,19-20H,11-14H2,1-6H3,(H,41,42)(H,43,44)/t19-,20-/m0/s1. The lowest BCUT2D eigenvalue weighted by Crippen LogP contribution is -2.52. The van der Waals surface area contributed by atoms with Crippen LogP contribution in [0.1, 0.15) is 109 Å². The van der Waals surface area contributed by atoms with Gasteiger partial charge in [-0.1, -0.05) is 0 Å². The van der Waals surface area contributed by atoms with Crippen molar-refractivity contribution in [2.24, 2.45) is 0 Å². The van der Waals surface area contributed by atoms with Gasteiger partial charge >= 0.3 is 23.9 Å². The summed E-state index contributed by atoms with van der Waals surface area (Å²) in [6.07, 6.45) is -1.66.